The maximum Gasteiger partial charge on any atom is 0.119 e. The van der Waals surface area contributed by atoms with Crippen LogP contribution in [0.15, 0.2) is 24.3 Å². The van der Waals surface area contributed by atoms with Crippen LogP contribution in [0.25, 0.3) is 0 Å². The Bertz CT molecular complexity index is 427. The normalized spacial score (nSPS) is 12.9. The summed E-state index contributed by atoms with van der Waals surface area (Å²) in [6, 6.07) is 11.3. The number of nitrogens with one attached hydrogen (secondary N) is 1. The first-order chi connectivity index (χ1) is 8.19. The number of rotatable bonds is 5. The van der Waals surface area contributed by atoms with Crippen LogP contribution in [0.3, 0.4) is 0 Å². The molecule has 0 saturated carbocycles. The predicted molar refractivity (Wildman–Crippen MR) is 65.4 cm³/mol. The highest BCUT2D eigenvalue weighted by molar-refractivity contribution is 5.48. The molecule has 4 nitrogen and oxygen atoms in total. The number of ether oxygens (including phenoxy) is 1. The minimum absolute atomic E-state index is 0.134. The molecule has 88 valence electrons. The summed E-state index contributed by atoms with van der Waals surface area (Å²) in [5.74, 6) is 0.639. The molecule has 0 fully saturated rings. The lowest BCUT2D eigenvalue weighted by Crippen LogP contribution is -2.19. The molecule has 1 aromatic rings. The van der Waals surface area contributed by atoms with Crippen LogP contribution in [-0.2, 0) is 0 Å². The Balaban J connectivity index is 2.62. The number of benzene rings is 1. The molecule has 0 bridgehead atoms. The van der Waals surface area contributed by atoms with Crippen LogP contribution in [0.2, 0.25) is 0 Å². The van der Waals surface area contributed by atoms with Gasteiger partial charge in [0.2, 0.25) is 0 Å². The third-order valence-electron chi connectivity index (χ3n) is 2.40. The van der Waals surface area contributed by atoms with Crippen molar-refractivity contribution >= 4 is 5.69 Å². The van der Waals surface area contributed by atoms with Gasteiger partial charge in [-0.2, -0.15) is 10.5 Å². The third kappa shape index (κ3) is 4.04. The number of anilines is 1. The van der Waals surface area contributed by atoms with E-state index in [2.05, 4.69) is 17.5 Å². The first-order valence-corrected chi connectivity index (χ1v) is 5.39. The average molecular weight is 229 g/mol. The van der Waals surface area contributed by atoms with Gasteiger partial charge in [-0.25, -0.2) is 0 Å². The van der Waals surface area contributed by atoms with Gasteiger partial charge in [-0.1, -0.05) is 0 Å². The Kier molecular flexibility index (Phi) is 4.84. The van der Waals surface area contributed by atoms with E-state index in [0.29, 0.717) is 6.42 Å². The van der Waals surface area contributed by atoms with Crippen molar-refractivity contribution in [2.24, 2.45) is 5.92 Å². The Labute approximate surface area is 101 Å². The maximum absolute atomic E-state index is 8.99. The summed E-state index contributed by atoms with van der Waals surface area (Å²) >= 11 is 0. The molecule has 0 heterocycles. The van der Waals surface area contributed by atoms with Gasteiger partial charge in [-0.05, 0) is 37.6 Å². The van der Waals surface area contributed by atoms with E-state index in [0.717, 1.165) is 11.4 Å². The molecule has 0 spiro atoms. The predicted octanol–water partition coefficient (Wildman–Crippen LogP) is 2.55. The van der Waals surface area contributed by atoms with Gasteiger partial charge in [0.1, 0.15) is 11.8 Å². The number of hydrogen-bond donors (Lipinski definition) is 1. The summed E-state index contributed by atoms with van der Waals surface area (Å²) in [4.78, 5) is 0. The van der Waals surface area contributed by atoms with E-state index in [9.17, 15) is 0 Å². The maximum atomic E-state index is 8.99. The molecule has 0 radical (unpaired) electrons. The number of methoxy groups -OCH3 is 1. The minimum atomic E-state index is -0.349. The first kappa shape index (κ1) is 12.9. The zero-order valence-corrected chi connectivity index (χ0v) is 9.97. The minimum Gasteiger partial charge on any atom is -0.497 e. The van der Waals surface area contributed by atoms with E-state index in [1.165, 1.54) is 0 Å². The first-order valence-electron chi connectivity index (χ1n) is 5.39. The molecule has 2 unspecified atom stereocenters. The monoisotopic (exact) mass is 229 g/mol. The summed E-state index contributed by atoms with van der Waals surface area (Å²) in [5.41, 5.74) is 0.850. The smallest absolute Gasteiger partial charge is 0.119 e. The summed E-state index contributed by atoms with van der Waals surface area (Å²) < 4.78 is 5.05. The molecule has 17 heavy (non-hydrogen) atoms. The summed E-state index contributed by atoms with van der Waals surface area (Å²) in [5, 5.41) is 20.8. The highest BCUT2D eigenvalue weighted by Gasteiger charge is 2.11. The summed E-state index contributed by atoms with van der Waals surface area (Å²) in [6.45, 7) is 1.81. The molecule has 4 heteroatoms. The van der Waals surface area contributed by atoms with Crippen LogP contribution < -0.4 is 10.1 Å². The van der Waals surface area contributed by atoms with E-state index in [4.69, 9.17) is 15.3 Å². The number of nitrogens with zero attached hydrogens (tertiary/aromatic N) is 2. The van der Waals surface area contributed by atoms with Gasteiger partial charge in [-0.3, -0.25) is 0 Å². The van der Waals surface area contributed by atoms with Gasteiger partial charge in [0.05, 0.1) is 19.2 Å². The second kappa shape index (κ2) is 6.40. The zero-order chi connectivity index (χ0) is 12.7. The van der Waals surface area contributed by atoms with E-state index >= 15 is 0 Å². The molecule has 0 aromatic heterocycles. The highest BCUT2D eigenvalue weighted by Crippen LogP contribution is 2.17. The van der Waals surface area contributed by atoms with E-state index in [-0.39, 0.29) is 12.0 Å². The van der Waals surface area contributed by atoms with Crippen LogP contribution in [0.1, 0.15) is 13.3 Å². The standard InChI is InChI=1S/C13H15N3O/c1-10(8-14)7-12(9-15)16-11-3-5-13(17-2)6-4-11/h3-6,10,12,16H,7H2,1-2H3. The van der Waals surface area contributed by atoms with Crippen molar-refractivity contribution in [3.8, 4) is 17.9 Å². The topological polar surface area (TPSA) is 68.8 Å². The van der Waals surface area contributed by atoms with Gasteiger partial charge in [0.15, 0.2) is 0 Å². The second-order valence-corrected chi connectivity index (χ2v) is 3.82. The molecule has 1 rings (SSSR count). The van der Waals surface area contributed by atoms with Gasteiger partial charge >= 0.3 is 0 Å². The number of hydrogen-bond acceptors (Lipinski definition) is 4. The largest absolute Gasteiger partial charge is 0.497 e. The third-order valence-corrected chi connectivity index (χ3v) is 2.40. The molecule has 1 N–H and O–H groups in total. The molecule has 0 amide bonds. The van der Waals surface area contributed by atoms with Gasteiger partial charge in [-0.15, -0.1) is 0 Å². The fourth-order valence-electron chi connectivity index (χ4n) is 1.44. The van der Waals surface area contributed by atoms with E-state index in [1.807, 2.05) is 24.3 Å². The lowest BCUT2D eigenvalue weighted by atomic mass is 10.0. The van der Waals surface area contributed by atoms with Crippen molar-refractivity contribution < 1.29 is 4.74 Å². The van der Waals surface area contributed by atoms with Crippen molar-refractivity contribution in [2.45, 2.75) is 19.4 Å². The van der Waals surface area contributed by atoms with Crippen LogP contribution in [0.5, 0.6) is 5.75 Å². The van der Waals surface area contributed by atoms with Gasteiger partial charge in [0, 0.05) is 11.6 Å². The Hall–Kier alpha value is -2.20. The van der Waals surface area contributed by atoms with Crippen LogP contribution in [0.4, 0.5) is 5.69 Å². The van der Waals surface area contributed by atoms with E-state index in [1.54, 1.807) is 14.0 Å². The van der Waals surface area contributed by atoms with Crippen LogP contribution in [0, 0.1) is 28.6 Å². The molecular formula is C13H15N3O. The van der Waals surface area contributed by atoms with E-state index < -0.39 is 0 Å². The Morgan fingerprint density at radius 1 is 1.24 bits per heavy atom. The molecule has 2 atom stereocenters. The quantitative estimate of drug-likeness (QED) is 0.842. The fraction of sp³-hybridized carbons (Fsp3) is 0.385. The molecule has 0 saturated heterocycles. The van der Waals surface area contributed by atoms with Crippen molar-refractivity contribution in [1.29, 1.82) is 10.5 Å². The molecule has 0 aliphatic rings. The van der Waals surface area contributed by atoms with Crippen molar-refractivity contribution in [3.05, 3.63) is 24.3 Å². The SMILES string of the molecule is COc1ccc(NC(C#N)CC(C)C#N)cc1. The van der Waals surface area contributed by atoms with Crippen molar-refractivity contribution in [2.75, 3.05) is 12.4 Å². The zero-order valence-electron chi connectivity index (χ0n) is 9.97. The summed E-state index contributed by atoms with van der Waals surface area (Å²) in [6.07, 6.45) is 0.513. The average Bonchev–Trinajstić information content (AvgIpc) is 2.38. The second-order valence-electron chi connectivity index (χ2n) is 3.82. The molecule has 0 aliphatic heterocycles. The van der Waals surface area contributed by atoms with Crippen molar-refractivity contribution in [1.82, 2.24) is 0 Å². The van der Waals surface area contributed by atoms with Gasteiger partial charge < -0.3 is 10.1 Å². The molecular weight excluding hydrogens is 214 g/mol. The Morgan fingerprint density at radius 2 is 1.88 bits per heavy atom. The lowest BCUT2D eigenvalue weighted by molar-refractivity contribution is 0.415. The fourth-order valence-corrected chi connectivity index (χ4v) is 1.44. The Morgan fingerprint density at radius 3 is 2.35 bits per heavy atom. The summed E-state index contributed by atoms with van der Waals surface area (Å²) in [7, 11) is 1.61. The molecule has 0 aliphatic carbocycles. The van der Waals surface area contributed by atoms with Gasteiger partial charge in [0.25, 0.3) is 0 Å². The van der Waals surface area contributed by atoms with Crippen LogP contribution >= 0.6 is 0 Å². The van der Waals surface area contributed by atoms with Crippen molar-refractivity contribution in [3.63, 3.8) is 0 Å². The highest BCUT2D eigenvalue weighted by atomic mass is 16.5. The number of nitriles is 2. The molecule has 1 aromatic carbocycles. The lowest BCUT2D eigenvalue weighted by Gasteiger charge is -2.14. The van der Waals surface area contributed by atoms with Crippen LogP contribution in [-0.4, -0.2) is 13.2 Å².